The van der Waals surface area contributed by atoms with Gasteiger partial charge in [0.2, 0.25) is 0 Å². The number of likely N-dealkylation sites (N-methyl/N-ethyl adjacent to an activating group) is 1. The van der Waals surface area contributed by atoms with Gasteiger partial charge in [0.05, 0.1) is 44.9 Å². The van der Waals surface area contributed by atoms with Gasteiger partial charge in [-0.1, -0.05) is 6.07 Å². The summed E-state index contributed by atoms with van der Waals surface area (Å²) in [5.41, 5.74) is 1.03. The molecule has 0 saturated carbocycles. The maximum absolute atomic E-state index is 14.4. The highest BCUT2D eigenvalue weighted by Crippen LogP contribution is 2.32. The normalized spacial score (nSPS) is 17.4. The molecule has 148 valence electrons. The monoisotopic (exact) mass is 398 g/mol. The Balaban J connectivity index is 2.43. The summed E-state index contributed by atoms with van der Waals surface area (Å²) in [6.07, 6.45) is 0. The molecule has 1 aromatic carbocycles. The summed E-state index contributed by atoms with van der Waals surface area (Å²) in [7, 11) is 1.28. The number of thiocarbonyl (C=S) groups is 1. The van der Waals surface area contributed by atoms with E-state index in [9.17, 15) is 13.6 Å². The maximum Gasteiger partial charge on any atom is 0.337 e. The number of carbonyl (C=O) groups excluding carboxylic acids is 1. The van der Waals surface area contributed by atoms with Crippen LogP contribution in [0.5, 0.6) is 0 Å². The molecule has 0 aliphatic carbocycles. The van der Waals surface area contributed by atoms with Crippen LogP contribution in [0, 0.1) is 11.6 Å². The Kier molecular flexibility index (Phi) is 7.26. The van der Waals surface area contributed by atoms with E-state index in [1.807, 2.05) is 4.90 Å². The minimum Gasteiger partial charge on any atom is -0.466 e. The molecule has 0 aromatic heterocycles. The molecule has 27 heavy (non-hydrogen) atoms. The second-order valence-corrected chi connectivity index (χ2v) is 6.78. The zero-order chi connectivity index (χ0) is 20.1. The minimum atomic E-state index is -0.831. The highest BCUT2D eigenvalue weighted by Gasteiger charge is 2.36. The quantitative estimate of drug-likeness (QED) is 0.539. The Morgan fingerprint density at radius 1 is 1.33 bits per heavy atom. The van der Waals surface area contributed by atoms with E-state index in [1.54, 1.807) is 6.92 Å². The average Bonchev–Trinajstić information content (AvgIpc) is 2.63. The van der Waals surface area contributed by atoms with Crippen LogP contribution in [0.1, 0.15) is 32.4 Å². The van der Waals surface area contributed by atoms with Gasteiger partial charge >= 0.3 is 5.97 Å². The van der Waals surface area contributed by atoms with Gasteiger partial charge in [-0.05, 0) is 39.1 Å². The van der Waals surface area contributed by atoms with Crippen molar-refractivity contribution in [1.29, 1.82) is 0 Å². The molecule has 2 N–H and O–H groups in total. The van der Waals surface area contributed by atoms with Gasteiger partial charge in [-0.3, -0.25) is 0 Å². The van der Waals surface area contributed by atoms with E-state index in [0.717, 1.165) is 31.8 Å². The molecule has 0 amide bonds. The maximum atomic E-state index is 14.4. The summed E-state index contributed by atoms with van der Waals surface area (Å²) < 4.78 is 32.6. The van der Waals surface area contributed by atoms with Crippen molar-refractivity contribution >= 4 is 23.3 Å². The van der Waals surface area contributed by atoms with Crippen molar-refractivity contribution in [3.8, 4) is 0 Å². The number of methoxy groups -OCH3 is 1. The first-order chi connectivity index (χ1) is 12.8. The highest BCUT2D eigenvalue weighted by atomic mass is 32.1. The largest absolute Gasteiger partial charge is 0.466 e. The first-order valence-electron chi connectivity index (χ1n) is 8.99. The first-order valence-corrected chi connectivity index (χ1v) is 9.40. The number of nitrogens with one attached hydrogen (secondary N) is 2. The first kappa shape index (κ1) is 21.2. The van der Waals surface area contributed by atoms with Crippen molar-refractivity contribution in [3.05, 3.63) is 46.7 Å². The number of esters is 1. The Hall–Kier alpha value is -2.06. The molecule has 1 aromatic rings. The molecule has 8 heteroatoms. The lowest BCUT2D eigenvalue weighted by Gasteiger charge is -2.37. The summed E-state index contributed by atoms with van der Waals surface area (Å²) in [4.78, 5) is 15.7. The van der Waals surface area contributed by atoms with Crippen LogP contribution in [0.4, 0.5) is 8.78 Å². The lowest BCUT2D eigenvalue weighted by Crippen LogP contribution is -3.12. The fourth-order valence-electron chi connectivity index (χ4n) is 3.27. The fraction of sp³-hybridized carbons (Fsp3) is 0.474. The number of nitrogens with zero attached hydrogens (tertiary/aromatic N) is 1. The number of hydrogen-bond acceptors (Lipinski definition) is 3. The number of rotatable bonds is 7. The lowest BCUT2D eigenvalue weighted by atomic mass is 9.94. The van der Waals surface area contributed by atoms with Crippen LogP contribution in [0.3, 0.4) is 0 Å². The van der Waals surface area contributed by atoms with E-state index in [0.29, 0.717) is 17.4 Å². The van der Waals surface area contributed by atoms with E-state index >= 15 is 0 Å². The van der Waals surface area contributed by atoms with Crippen molar-refractivity contribution in [2.45, 2.75) is 26.8 Å². The third-order valence-electron chi connectivity index (χ3n) is 4.96. The van der Waals surface area contributed by atoms with Crippen LogP contribution in [-0.4, -0.2) is 49.3 Å². The van der Waals surface area contributed by atoms with Gasteiger partial charge in [0.25, 0.3) is 0 Å². The van der Waals surface area contributed by atoms with Crippen molar-refractivity contribution in [2.24, 2.45) is 0 Å². The van der Waals surface area contributed by atoms with Gasteiger partial charge in [0.1, 0.15) is 11.6 Å². The van der Waals surface area contributed by atoms with Crippen LogP contribution < -0.4 is 10.2 Å². The number of hydrogen-bond donors (Lipinski definition) is 2. The van der Waals surface area contributed by atoms with E-state index < -0.39 is 23.6 Å². The molecule has 2 rings (SSSR count). The Morgan fingerprint density at radius 3 is 2.56 bits per heavy atom. The molecule has 0 radical (unpaired) electrons. The minimum absolute atomic E-state index is 0.146. The Bertz CT molecular complexity index is 750. The van der Waals surface area contributed by atoms with Crippen molar-refractivity contribution in [1.82, 2.24) is 10.2 Å². The van der Waals surface area contributed by atoms with Crippen LogP contribution in [-0.2, 0) is 9.53 Å². The van der Waals surface area contributed by atoms with Crippen LogP contribution in [0.15, 0.2) is 29.5 Å². The summed E-state index contributed by atoms with van der Waals surface area (Å²) in [5.74, 6) is -2.00. The van der Waals surface area contributed by atoms with Crippen LogP contribution in [0.2, 0.25) is 0 Å². The van der Waals surface area contributed by atoms with Gasteiger partial charge in [-0.2, -0.15) is 0 Å². The Labute approximate surface area is 164 Å². The number of carbonyl (C=O) groups is 1. The molecular weight excluding hydrogens is 372 g/mol. The number of ether oxygens (including phenoxy) is 1. The molecule has 1 heterocycles. The molecule has 0 bridgehead atoms. The van der Waals surface area contributed by atoms with Crippen molar-refractivity contribution in [2.75, 3.05) is 33.3 Å². The van der Waals surface area contributed by atoms with Crippen molar-refractivity contribution in [3.63, 3.8) is 0 Å². The lowest BCUT2D eigenvalue weighted by molar-refractivity contribution is -0.895. The zero-order valence-electron chi connectivity index (χ0n) is 16.1. The van der Waals surface area contributed by atoms with Crippen LogP contribution >= 0.6 is 12.2 Å². The standard InChI is InChI=1S/C19H25F2N3O2S/c1-5-23(6-2)9-10-24-12(3)16(18(25)26-4)17(22-19(24)27)14-8-7-13(20)11-15(14)21/h7-8,11,17H,5-6,9-10H2,1-4H3,(H,22,27)/p+1/t17-/m1/s1. The molecule has 1 aliphatic heterocycles. The molecule has 1 atom stereocenters. The molecule has 0 fully saturated rings. The average molecular weight is 398 g/mol. The number of allylic oxidation sites excluding steroid dienone is 1. The second-order valence-electron chi connectivity index (χ2n) is 6.40. The molecule has 5 nitrogen and oxygen atoms in total. The molecule has 0 unspecified atom stereocenters. The van der Waals surface area contributed by atoms with Gasteiger partial charge in [-0.15, -0.1) is 0 Å². The smallest absolute Gasteiger partial charge is 0.337 e. The fourth-order valence-corrected chi connectivity index (χ4v) is 3.61. The summed E-state index contributed by atoms with van der Waals surface area (Å²) in [6, 6.07) is 2.43. The van der Waals surface area contributed by atoms with E-state index in [2.05, 4.69) is 19.2 Å². The van der Waals surface area contributed by atoms with Gasteiger partial charge in [0, 0.05) is 17.3 Å². The van der Waals surface area contributed by atoms with Crippen molar-refractivity contribution < 1.29 is 23.2 Å². The highest BCUT2D eigenvalue weighted by molar-refractivity contribution is 7.80. The summed E-state index contributed by atoms with van der Waals surface area (Å²) in [6.45, 7) is 9.43. The predicted molar refractivity (Wildman–Crippen MR) is 103 cm³/mol. The van der Waals surface area contributed by atoms with Gasteiger partial charge in [-0.25, -0.2) is 13.6 Å². The topological polar surface area (TPSA) is 46.0 Å². The summed E-state index contributed by atoms with van der Waals surface area (Å²) >= 11 is 5.47. The van der Waals surface area contributed by atoms with E-state index in [-0.39, 0.29) is 11.1 Å². The summed E-state index contributed by atoms with van der Waals surface area (Å²) in [5, 5.41) is 3.43. The van der Waals surface area contributed by atoms with E-state index in [4.69, 9.17) is 17.0 Å². The third kappa shape index (κ3) is 4.62. The Morgan fingerprint density at radius 2 is 2.00 bits per heavy atom. The molecule has 0 saturated heterocycles. The number of quaternary nitrogens is 1. The predicted octanol–water partition coefficient (Wildman–Crippen LogP) is 1.57. The van der Waals surface area contributed by atoms with Crippen LogP contribution in [0.25, 0.3) is 0 Å². The molecule has 1 aliphatic rings. The number of benzene rings is 1. The third-order valence-corrected chi connectivity index (χ3v) is 5.30. The van der Waals surface area contributed by atoms with Gasteiger partial charge < -0.3 is 19.9 Å². The van der Waals surface area contributed by atoms with E-state index in [1.165, 1.54) is 18.1 Å². The zero-order valence-corrected chi connectivity index (χ0v) is 16.9. The second kappa shape index (κ2) is 9.23. The number of halogens is 2. The van der Waals surface area contributed by atoms with Gasteiger partial charge in [0.15, 0.2) is 5.11 Å². The molecule has 0 spiro atoms. The molecular formula is C19H26F2N3O2S+. The SMILES string of the molecule is CC[NH+](CC)CCN1C(=S)N[C@H](c2ccc(F)cc2F)C(C(=O)OC)=C1C.